The largest absolute Gasteiger partial charge is 0.406 e. The molecule has 0 saturated carbocycles. The van der Waals surface area contributed by atoms with Crippen molar-refractivity contribution in [2.45, 2.75) is 95.7 Å². The standard InChI is InChI=1S/C22H37N6O5P/c1-2-3-4-5-6-7-8-9-10-11-12-27-34(30)31-13-16-19(33-34)18(29)22(32-16)28-15-26-17-20(23)24-14-25-21(17)28/h14-16,18-19,22,29H,2-13H2,1H3,(H,27,30)(H2,23,24,25)/t16-,18-,19-,22-,34?/m1/s1. The van der Waals surface area contributed by atoms with Gasteiger partial charge in [-0.2, -0.15) is 0 Å². The van der Waals surface area contributed by atoms with E-state index in [0.29, 0.717) is 17.7 Å². The lowest BCUT2D eigenvalue weighted by Gasteiger charge is -2.31. The number of unbranched alkanes of at least 4 members (excludes halogenated alkanes) is 9. The van der Waals surface area contributed by atoms with Gasteiger partial charge in [0.2, 0.25) is 0 Å². The van der Waals surface area contributed by atoms with Crippen molar-refractivity contribution < 1.29 is 23.5 Å². The Morgan fingerprint density at radius 1 is 1.12 bits per heavy atom. The maximum absolute atomic E-state index is 13.1. The summed E-state index contributed by atoms with van der Waals surface area (Å²) in [5.74, 6) is 0.244. The van der Waals surface area contributed by atoms with E-state index in [9.17, 15) is 9.67 Å². The highest BCUT2D eigenvalue weighted by molar-refractivity contribution is 7.51. The van der Waals surface area contributed by atoms with Gasteiger partial charge in [-0.15, -0.1) is 0 Å². The van der Waals surface area contributed by atoms with Crippen molar-refractivity contribution >= 4 is 24.7 Å². The first-order valence-corrected chi connectivity index (χ1v) is 14.0. The predicted octanol–water partition coefficient (Wildman–Crippen LogP) is 3.70. The summed E-state index contributed by atoms with van der Waals surface area (Å²) in [6.07, 6.45) is 11.9. The van der Waals surface area contributed by atoms with Crippen LogP contribution in [0.5, 0.6) is 0 Å². The van der Waals surface area contributed by atoms with E-state index in [-0.39, 0.29) is 12.4 Å². The van der Waals surface area contributed by atoms with E-state index in [1.807, 2.05) is 0 Å². The molecule has 0 bridgehead atoms. The molecule has 2 fully saturated rings. The van der Waals surface area contributed by atoms with E-state index in [2.05, 4.69) is 27.0 Å². The Bertz CT molecular complexity index is 974. The van der Waals surface area contributed by atoms with Crippen LogP contribution in [0, 0.1) is 0 Å². The van der Waals surface area contributed by atoms with Crippen LogP contribution in [0.1, 0.15) is 77.4 Å². The van der Waals surface area contributed by atoms with E-state index in [1.54, 1.807) is 4.57 Å². The van der Waals surface area contributed by atoms with Crippen LogP contribution in [0.4, 0.5) is 5.82 Å². The zero-order valence-corrected chi connectivity index (χ0v) is 20.7. The molecule has 0 spiro atoms. The van der Waals surface area contributed by atoms with Crippen molar-refractivity contribution in [1.29, 1.82) is 0 Å². The molecule has 0 aromatic carbocycles. The lowest BCUT2D eigenvalue weighted by atomic mass is 10.1. The fourth-order valence-electron chi connectivity index (χ4n) is 4.54. The second-order valence-electron chi connectivity index (χ2n) is 9.09. The van der Waals surface area contributed by atoms with Gasteiger partial charge in [0.15, 0.2) is 17.7 Å². The number of imidazole rings is 1. The summed E-state index contributed by atoms with van der Waals surface area (Å²) < 4.78 is 31.8. The minimum absolute atomic E-state index is 0.0598. The molecule has 12 heteroatoms. The summed E-state index contributed by atoms with van der Waals surface area (Å²) in [6, 6.07) is 0. The van der Waals surface area contributed by atoms with Crippen LogP contribution in [-0.2, 0) is 18.3 Å². The fourth-order valence-corrected chi connectivity index (χ4v) is 6.13. The molecule has 2 aliphatic heterocycles. The van der Waals surface area contributed by atoms with Gasteiger partial charge in [0, 0.05) is 6.54 Å². The Morgan fingerprint density at radius 3 is 2.56 bits per heavy atom. The number of hydrogen-bond donors (Lipinski definition) is 3. The lowest BCUT2D eigenvalue weighted by molar-refractivity contribution is -0.0595. The Labute approximate surface area is 200 Å². The maximum Gasteiger partial charge on any atom is 0.406 e. The monoisotopic (exact) mass is 496 g/mol. The molecule has 190 valence electrons. The molecular formula is C22H37N6O5P. The van der Waals surface area contributed by atoms with Crippen LogP contribution in [0.25, 0.3) is 11.2 Å². The number of nitrogens with zero attached hydrogens (tertiary/aromatic N) is 4. The fraction of sp³-hybridized carbons (Fsp3) is 0.773. The van der Waals surface area contributed by atoms with Gasteiger partial charge in [-0.25, -0.2) is 24.6 Å². The molecule has 4 N–H and O–H groups in total. The van der Waals surface area contributed by atoms with Crippen molar-refractivity contribution in [2.75, 3.05) is 18.9 Å². The van der Waals surface area contributed by atoms with Gasteiger partial charge in [0.1, 0.15) is 30.2 Å². The zero-order valence-electron chi connectivity index (χ0n) is 19.8. The summed E-state index contributed by atoms with van der Waals surface area (Å²) in [5, 5.41) is 13.8. The number of aromatic nitrogens is 4. The average molecular weight is 497 g/mol. The molecule has 2 aromatic heterocycles. The van der Waals surface area contributed by atoms with Crippen LogP contribution in [0.2, 0.25) is 0 Å². The van der Waals surface area contributed by atoms with Gasteiger partial charge in [-0.1, -0.05) is 64.7 Å². The van der Waals surface area contributed by atoms with Gasteiger partial charge >= 0.3 is 7.75 Å². The molecule has 1 unspecified atom stereocenters. The second kappa shape index (κ2) is 11.9. The molecule has 2 aliphatic rings. The number of hydrogen-bond acceptors (Lipinski definition) is 9. The molecular weight excluding hydrogens is 459 g/mol. The average Bonchev–Trinajstić information content (AvgIpc) is 3.39. The molecule has 0 aliphatic carbocycles. The highest BCUT2D eigenvalue weighted by Crippen LogP contribution is 2.52. The van der Waals surface area contributed by atoms with Crippen LogP contribution in [0.15, 0.2) is 12.7 Å². The number of ether oxygens (including phenoxy) is 1. The molecule has 5 atom stereocenters. The highest BCUT2D eigenvalue weighted by Gasteiger charge is 2.52. The first kappa shape index (κ1) is 25.5. The van der Waals surface area contributed by atoms with E-state index in [1.165, 1.54) is 64.0 Å². The summed E-state index contributed by atoms with van der Waals surface area (Å²) in [7, 11) is -3.52. The van der Waals surface area contributed by atoms with Crippen LogP contribution < -0.4 is 10.8 Å². The summed E-state index contributed by atoms with van der Waals surface area (Å²) in [6.45, 7) is 2.83. The molecule has 2 saturated heterocycles. The SMILES string of the molecule is CCCCCCCCCCCCNP1(=O)OC[C@H]2O[C@@H](n3cnc4c(N)ncnc43)[C@H](O)[C@@H]2O1. The van der Waals surface area contributed by atoms with Gasteiger partial charge in [0.05, 0.1) is 12.9 Å². The number of aliphatic hydroxyl groups is 1. The molecule has 0 radical (unpaired) electrons. The molecule has 0 amide bonds. The van der Waals surface area contributed by atoms with Crippen molar-refractivity contribution in [2.24, 2.45) is 0 Å². The highest BCUT2D eigenvalue weighted by atomic mass is 31.2. The number of nitrogens with one attached hydrogen (secondary N) is 1. The summed E-state index contributed by atoms with van der Waals surface area (Å²) in [5.41, 5.74) is 6.72. The Kier molecular flexibility index (Phi) is 8.90. The Hall–Kier alpha value is -1.62. The van der Waals surface area contributed by atoms with Gasteiger partial charge in [-0.05, 0) is 6.42 Å². The van der Waals surface area contributed by atoms with Crippen molar-refractivity contribution in [3.05, 3.63) is 12.7 Å². The normalized spacial score (nSPS) is 29.0. The molecule has 4 rings (SSSR count). The third-order valence-electron chi connectivity index (χ3n) is 6.48. The summed E-state index contributed by atoms with van der Waals surface area (Å²) >= 11 is 0. The van der Waals surface area contributed by atoms with Crippen LogP contribution in [0.3, 0.4) is 0 Å². The topological polar surface area (TPSA) is 147 Å². The number of rotatable bonds is 13. The maximum atomic E-state index is 13.1. The van der Waals surface area contributed by atoms with E-state index >= 15 is 0 Å². The van der Waals surface area contributed by atoms with E-state index < -0.39 is 32.3 Å². The van der Waals surface area contributed by atoms with Crippen molar-refractivity contribution in [3.8, 4) is 0 Å². The molecule has 34 heavy (non-hydrogen) atoms. The van der Waals surface area contributed by atoms with Crippen LogP contribution >= 0.6 is 7.75 Å². The van der Waals surface area contributed by atoms with Crippen molar-refractivity contribution in [3.63, 3.8) is 0 Å². The quantitative estimate of drug-likeness (QED) is 0.277. The summed E-state index contributed by atoms with van der Waals surface area (Å²) in [4.78, 5) is 12.3. The first-order valence-electron chi connectivity index (χ1n) is 12.5. The first-order chi connectivity index (χ1) is 16.5. The Balaban J connectivity index is 1.21. The van der Waals surface area contributed by atoms with Crippen molar-refractivity contribution in [1.82, 2.24) is 24.6 Å². The van der Waals surface area contributed by atoms with Gasteiger partial charge in [-0.3, -0.25) is 13.6 Å². The third kappa shape index (κ3) is 5.95. The number of fused-ring (bicyclic) bond motifs is 2. The number of nitrogens with two attached hydrogens (primary N) is 1. The Morgan fingerprint density at radius 2 is 1.82 bits per heavy atom. The molecule has 4 heterocycles. The number of nitrogen functional groups attached to an aromatic ring is 1. The van der Waals surface area contributed by atoms with Crippen LogP contribution in [-0.4, -0.2) is 56.1 Å². The smallest absolute Gasteiger partial charge is 0.386 e. The van der Waals surface area contributed by atoms with E-state index in [0.717, 1.165) is 12.8 Å². The predicted molar refractivity (Wildman–Crippen MR) is 128 cm³/mol. The third-order valence-corrected chi connectivity index (χ3v) is 8.10. The second-order valence-corrected chi connectivity index (χ2v) is 10.9. The van der Waals surface area contributed by atoms with E-state index in [4.69, 9.17) is 19.5 Å². The van der Waals surface area contributed by atoms with Gasteiger partial charge in [0.25, 0.3) is 0 Å². The molecule has 11 nitrogen and oxygen atoms in total. The molecule has 2 aromatic rings. The minimum Gasteiger partial charge on any atom is -0.386 e. The lowest BCUT2D eigenvalue weighted by Crippen LogP contribution is -2.41. The van der Waals surface area contributed by atoms with Gasteiger partial charge < -0.3 is 15.6 Å². The zero-order chi connectivity index (χ0) is 24.0. The number of aliphatic hydroxyl groups excluding tert-OH is 1. The number of anilines is 1. The minimum atomic E-state index is -3.52.